The number of ether oxygens (including phenoxy) is 1. The second-order valence-corrected chi connectivity index (χ2v) is 11.2. The van der Waals surface area contributed by atoms with Gasteiger partial charge in [-0.15, -0.1) is 13.2 Å². The molecule has 2 aliphatic rings. The van der Waals surface area contributed by atoms with E-state index < -0.39 is 12.3 Å². The molecule has 1 aliphatic heterocycles. The molecular weight excluding hydrogens is 587 g/mol. The highest BCUT2D eigenvalue weighted by molar-refractivity contribution is 6.05. The van der Waals surface area contributed by atoms with E-state index in [1.807, 2.05) is 44.0 Å². The summed E-state index contributed by atoms with van der Waals surface area (Å²) < 4.78 is 50.2. The number of hydrogen-bond acceptors (Lipinski definition) is 9. The molecule has 4 aromatic rings. The number of alkyl halides is 3. The van der Waals surface area contributed by atoms with E-state index in [9.17, 15) is 18.0 Å². The number of aryl methyl sites for hydroxylation is 3. The molecule has 0 unspecified atom stereocenters. The molecule has 13 heteroatoms. The number of benzene rings is 2. The number of para-hydroxylation sites is 1. The van der Waals surface area contributed by atoms with Gasteiger partial charge in [0.15, 0.2) is 5.75 Å². The average Bonchev–Trinajstić information content (AvgIpc) is 3.47. The first kappa shape index (κ1) is 30.4. The van der Waals surface area contributed by atoms with Crippen LogP contribution in [0.3, 0.4) is 0 Å². The number of halogens is 3. The molecular formula is C32H34F3N7O3. The lowest BCUT2D eigenvalue weighted by Crippen LogP contribution is -2.44. The highest BCUT2D eigenvalue weighted by Crippen LogP contribution is 2.38. The molecule has 1 amide bonds. The van der Waals surface area contributed by atoms with Gasteiger partial charge in [-0.05, 0) is 61.6 Å². The molecule has 0 saturated carbocycles. The molecule has 0 radical (unpaired) electrons. The van der Waals surface area contributed by atoms with Crippen LogP contribution in [0.25, 0.3) is 11.4 Å². The summed E-state index contributed by atoms with van der Waals surface area (Å²) in [5.74, 6) is -0.624. The van der Waals surface area contributed by atoms with Crippen LogP contribution >= 0.6 is 0 Å². The third-order valence-corrected chi connectivity index (χ3v) is 8.27. The van der Waals surface area contributed by atoms with Crippen LogP contribution in [0.5, 0.6) is 5.75 Å². The molecule has 0 spiro atoms. The van der Waals surface area contributed by atoms with E-state index in [2.05, 4.69) is 35.4 Å². The van der Waals surface area contributed by atoms with Gasteiger partial charge < -0.3 is 29.7 Å². The number of likely N-dealkylation sites (N-methyl/N-ethyl adjacent to an activating group) is 1. The third-order valence-electron chi connectivity index (χ3n) is 8.27. The van der Waals surface area contributed by atoms with Gasteiger partial charge >= 0.3 is 6.36 Å². The highest BCUT2D eigenvalue weighted by atomic mass is 19.4. The Hall–Kier alpha value is -4.65. The van der Waals surface area contributed by atoms with Gasteiger partial charge in [0.25, 0.3) is 5.91 Å². The SMILES string of the molecule is CCc1cccc(CC)c1NC(=O)c1onc2c1CCc1cnc(Nc3ccc(N4CCN(C)CC4)cc3OC(F)(F)F)nc1-2. The predicted molar refractivity (Wildman–Crippen MR) is 164 cm³/mol. The Kier molecular flexibility index (Phi) is 8.36. The van der Waals surface area contributed by atoms with E-state index in [-0.39, 0.29) is 23.1 Å². The Morgan fingerprint density at radius 1 is 1.02 bits per heavy atom. The summed E-state index contributed by atoms with van der Waals surface area (Å²) in [5, 5.41) is 10.1. The molecule has 0 atom stereocenters. The molecule has 236 valence electrons. The quantitative estimate of drug-likeness (QED) is 0.245. The van der Waals surface area contributed by atoms with Crippen molar-refractivity contribution in [3.63, 3.8) is 0 Å². The maximum Gasteiger partial charge on any atom is 0.573 e. The van der Waals surface area contributed by atoms with E-state index >= 15 is 0 Å². The van der Waals surface area contributed by atoms with Gasteiger partial charge in [-0.3, -0.25) is 4.79 Å². The summed E-state index contributed by atoms with van der Waals surface area (Å²) in [6.45, 7) is 7.04. The summed E-state index contributed by atoms with van der Waals surface area (Å²) >= 11 is 0. The van der Waals surface area contributed by atoms with Gasteiger partial charge in [0.05, 0.1) is 5.69 Å². The van der Waals surface area contributed by atoms with E-state index in [1.54, 1.807) is 12.3 Å². The minimum absolute atomic E-state index is 0.0550. The first-order valence-electron chi connectivity index (χ1n) is 15.0. The van der Waals surface area contributed by atoms with Crippen molar-refractivity contribution in [2.75, 3.05) is 48.8 Å². The van der Waals surface area contributed by atoms with Gasteiger partial charge in [0.2, 0.25) is 11.7 Å². The number of carbonyl (C=O) groups excluding carboxylic acids is 1. The summed E-state index contributed by atoms with van der Waals surface area (Å²) in [4.78, 5) is 26.5. The minimum Gasteiger partial charge on any atom is -0.403 e. The minimum atomic E-state index is -4.89. The van der Waals surface area contributed by atoms with Crippen molar-refractivity contribution in [3.05, 3.63) is 70.6 Å². The lowest BCUT2D eigenvalue weighted by atomic mass is 9.93. The number of amides is 1. The molecule has 2 aromatic carbocycles. The number of aromatic nitrogens is 3. The van der Waals surface area contributed by atoms with Crippen molar-refractivity contribution in [2.24, 2.45) is 0 Å². The van der Waals surface area contributed by atoms with Crippen LogP contribution in [0.2, 0.25) is 0 Å². The average molecular weight is 622 g/mol. The van der Waals surface area contributed by atoms with Crippen LogP contribution in [0, 0.1) is 0 Å². The maximum atomic E-state index is 13.4. The Balaban J connectivity index is 1.27. The molecule has 2 aromatic heterocycles. The summed E-state index contributed by atoms with van der Waals surface area (Å²) in [6, 6.07) is 10.6. The lowest BCUT2D eigenvalue weighted by Gasteiger charge is -2.34. The number of nitrogens with one attached hydrogen (secondary N) is 2. The van der Waals surface area contributed by atoms with Crippen LogP contribution in [-0.2, 0) is 25.7 Å². The highest BCUT2D eigenvalue weighted by Gasteiger charge is 2.33. The number of fused-ring (bicyclic) bond motifs is 3. The number of carbonyl (C=O) groups is 1. The standard InChI is InChI=1S/C32H34F3N7O3/c1-4-19-7-6-8-20(5-2)26(19)38-30(43)29-23-11-9-21-18-36-31(39-27(21)28(23)40-45-29)37-24-12-10-22(17-25(24)44-32(33,34)35)42-15-13-41(3)14-16-42/h6-8,10,12,17-18H,4-5,9,11,13-16H2,1-3H3,(H,38,43)(H,36,37,39). The molecule has 2 N–H and O–H groups in total. The number of anilines is 4. The van der Waals surface area contributed by atoms with Crippen molar-refractivity contribution in [2.45, 2.75) is 45.9 Å². The molecule has 0 bridgehead atoms. The topological polar surface area (TPSA) is 109 Å². The molecule has 3 heterocycles. The zero-order valence-corrected chi connectivity index (χ0v) is 25.3. The zero-order chi connectivity index (χ0) is 31.7. The number of nitrogens with zero attached hydrogens (tertiary/aromatic N) is 5. The van der Waals surface area contributed by atoms with Crippen molar-refractivity contribution < 1.29 is 27.2 Å². The number of hydrogen-bond donors (Lipinski definition) is 2. The van der Waals surface area contributed by atoms with Crippen molar-refractivity contribution in [1.29, 1.82) is 0 Å². The van der Waals surface area contributed by atoms with Crippen LogP contribution in [0.15, 0.2) is 47.1 Å². The molecule has 1 aliphatic carbocycles. The fourth-order valence-electron chi connectivity index (χ4n) is 5.80. The van der Waals surface area contributed by atoms with E-state index in [4.69, 9.17) is 4.52 Å². The van der Waals surface area contributed by atoms with Crippen molar-refractivity contribution >= 4 is 28.9 Å². The fraction of sp³-hybridized carbons (Fsp3) is 0.375. The second kappa shape index (κ2) is 12.4. The van der Waals surface area contributed by atoms with Gasteiger partial charge in [-0.25, -0.2) is 9.97 Å². The maximum absolute atomic E-state index is 13.4. The smallest absolute Gasteiger partial charge is 0.403 e. The van der Waals surface area contributed by atoms with Gasteiger partial charge in [0, 0.05) is 55.4 Å². The van der Waals surface area contributed by atoms with E-state index in [1.165, 1.54) is 12.1 Å². The Labute approximate surface area is 258 Å². The summed E-state index contributed by atoms with van der Waals surface area (Å²) in [6.07, 6.45) is -0.735. The van der Waals surface area contributed by atoms with Gasteiger partial charge in [-0.2, -0.15) is 0 Å². The molecule has 1 fully saturated rings. The normalized spacial score (nSPS) is 14.9. The second-order valence-electron chi connectivity index (χ2n) is 11.2. The molecule has 6 rings (SSSR count). The van der Waals surface area contributed by atoms with Crippen LogP contribution in [0.1, 0.15) is 46.7 Å². The number of rotatable bonds is 8. The third kappa shape index (κ3) is 6.44. The summed E-state index contributed by atoms with van der Waals surface area (Å²) in [7, 11) is 2.01. The number of piperazine rings is 1. The van der Waals surface area contributed by atoms with E-state index in [0.717, 1.165) is 48.3 Å². The van der Waals surface area contributed by atoms with Gasteiger partial charge in [-0.1, -0.05) is 37.2 Å². The Morgan fingerprint density at radius 3 is 2.44 bits per heavy atom. The molecule has 10 nitrogen and oxygen atoms in total. The van der Waals surface area contributed by atoms with Gasteiger partial charge in [0.1, 0.15) is 11.4 Å². The monoisotopic (exact) mass is 621 g/mol. The molecule has 45 heavy (non-hydrogen) atoms. The summed E-state index contributed by atoms with van der Waals surface area (Å²) in [5.41, 5.74) is 5.77. The Bertz CT molecular complexity index is 1690. The van der Waals surface area contributed by atoms with Crippen molar-refractivity contribution in [3.8, 4) is 17.1 Å². The van der Waals surface area contributed by atoms with E-state index in [0.29, 0.717) is 48.6 Å². The Morgan fingerprint density at radius 2 is 1.76 bits per heavy atom. The largest absolute Gasteiger partial charge is 0.573 e. The fourth-order valence-corrected chi connectivity index (χ4v) is 5.80. The molecule has 1 saturated heterocycles. The van der Waals surface area contributed by atoms with Crippen LogP contribution < -0.4 is 20.3 Å². The first-order chi connectivity index (χ1) is 21.6. The van der Waals surface area contributed by atoms with Crippen LogP contribution in [0.4, 0.5) is 36.2 Å². The van der Waals surface area contributed by atoms with Crippen molar-refractivity contribution in [1.82, 2.24) is 20.0 Å². The zero-order valence-electron chi connectivity index (χ0n) is 25.3. The lowest BCUT2D eigenvalue weighted by molar-refractivity contribution is -0.274. The predicted octanol–water partition coefficient (Wildman–Crippen LogP) is 6.00. The first-order valence-corrected chi connectivity index (χ1v) is 15.0. The van der Waals surface area contributed by atoms with Crippen LogP contribution in [-0.4, -0.2) is 65.5 Å².